The summed E-state index contributed by atoms with van der Waals surface area (Å²) in [5, 5.41) is 10.3. The number of benzene rings is 2. The molecule has 0 bridgehead atoms. The van der Waals surface area contributed by atoms with Crippen molar-refractivity contribution in [3.05, 3.63) is 70.7 Å². The zero-order chi connectivity index (χ0) is 28.9. The molecule has 0 saturated carbocycles. The zero-order valence-electron chi connectivity index (χ0n) is 22.6. The molecule has 6 nitrogen and oxygen atoms in total. The van der Waals surface area contributed by atoms with Crippen molar-refractivity contribution in [3.63, 3.8) is 0 Å². The predicted molar refractivity (Wildman–Crippen MR) is 144 cm³/mol. The number of methoxy groups -OCH3 is 1. The highest BCUT2D eigenvalue weighted by Gasteiger charge is 2.37. The molecule has 40 heavy (non-hydrogen) atoms. The largest absolute Gasteiger partial charge is 0.497 e. The average Bonchev–Trinajstić information content (AvgIpc) is 2.94. The highest BCUT2D eigenvalue weighted by Crippen LogP contribution is 2.43. The van der Waals surface area contributed by atoms with Crippen molar-refractivity contribution in [2.75, 3.05) is 26.7 Å². The van der Waals surface area contributed by atoms with Gasteiger partial charge in [-0.2, -0.15) is 0 Å². The predicted octanol–water partition coefficient (Wildman–Crippen LogP) is 6.10. The van der Waals surface area contributed by atoms with E-state index in [9.17, 15) is 23.1 Å². The molecule has 1 aromatic heterocycles. The molecule has 2 aromatic carbocycles. The maximum atomic E-state index is 15.9. The summed E-state index contributed by atoms with van der Waals surface area (Å²) in [4.78, 5) is 18.4. The number of nitrogens with two attached hydrogens (primary N) is 1. The van der Waals surface area contributed by atoms with Gasteiger partial charge >= 0.3 is 5.97 Å². The number of piperidine rings is 1. The quantitative estimate of drug-likeness (QED) is 0.205. The summed E-state index contributed by atoms with van der Waals surface area (Å²) in [7, 11) is 1.54. The molecule has 2 heterocycles. The van der Waals surface area contributed by atoms with Crippen LogP contribution in [0, 0.1) is 22.9 Å². The fourth-order valence-electron chi connectivity index (χ4n) is 5.82. The molecule has 1 atom stereocenters. The number of fused-ring (bicyclic) bond motifs is 1. The third-order valence-electron chi connectivity index (χ3n) is 8.09. The Morgan fingerprint density at radius 1 is 1.18 bits per heavy atom. The van der Waals surface area contributed by atoms with Gasteiger partial charge in [0.1, 0.15) is 11.9 Å². The van der Waals surface area contributed by atoms with Crippen LogP contribution in [0.15, 0.2) is 36.5 Å². The minimum Gasteiger partial charge on any atom is -0.497 e. The molecule has 1 fully saturated rings. The van der Waals surface area contributed by atoms with E-state index in [1.807, 2.05) is 0 Å². The molecule has 3 aromatic rings. The molecule has 0 aliphatic carbocycles. The second kappa shape index (κ2) is 13.0. The Kier molecular flexibility index (Phi) is 9.63. The molecule has 0 amide bonds. The normalized spacial score (nSPS) is 16.2. The van der Waals surface area contributed by atoms with Crippen LogP contribution in [0.2, 0.25) is 0 Å². The minimum atomic E-state index is -1.47. The van der Waals surface area contributed by atoms with E-state index >= 15 is 4.39 Å². The van der Waals surface area contributed by atoms with Crippen molar-refractivity contribution in [1.29, 1.82) is 0 Å². The molecule has 0 radical (unpaired) electrons. The Hall–Kier alpha value is -3.24. The first kappa shape index (κ1) is 29.7. The minimum absolute atomic E-state index is 0.0453. The van der Waals surface area contributed by atoms with Crippen LogP contribution in [-0.2, 0) is 17.8 Å². The van der Waals surface area contributed by atoms with Gasteiger partial charge in [0, 0.05) is 23.7 Å². The Balaban J connectivity index is 1.40. The van der Waals surface area contributed by atoms with Crippen molar-refractivity contribution in [3.8, 4) is 5.75 Å². The lowest BCUT2D eigenvalue weighted by Gasteiger charge is -2.41. The van der Waals surface area contributed by atoms with Crippen LogP contribution in [0.25, 0.3) is 10.9 Å². The number of aryl methyl sites for hydroxylation is 1. The smallest absolute Gasteiger partial charge is 0.303 e. The van der Waals surface area contributed by atoms with Gasteiger partial charge in [0.15, 0.2) is 17.5 Å². The van der Waals surface area contributed by atoms with Crippen LogP contribution in [0.1, 0.15) is 61.4 Å². The van der Waals surface area contributed by atoms with Gasteiger partial charge in [0.05, 0.1) is 19.0 Å². The zero-order valence-corrected chi connectivity index (χ0v) is 22.6. The molecule has 0 spiro atoms. The lowest BCUT2D eigenvalue weighted by molar-refractivity contribution is -0.141. The van der Waals surface area contributed by atoms with Gasteiger partial charge < -0.3 is 20.5 Å². The Morgan fingerprint density at radius 3 is 2.50 bits per heavy atom. The van der Waals surface area contributed by atoms with Gasteiger partial charge in [0.25, 0.3) is 0 Å². The topological polar surface area (TPSA) is 88.7 Å². The standard InChI is InChI=1S/C30H35F4N3O3/c1-40-21-4-5-26-22(15-21)28(20(17-35)18-36-26)23(31)6-7-30(16-27(38)39)8-11-37(12-9-30)10-2-3-19-13-24(32)29(34)25(33)14-19/h4-5,13-15,18,23H,2-3,6-12,16-17,35H2,1H3,(H,38,39)/t23-/m1/s1. The Bertz CT molecular complexity index is 1320. The molecule has 216 valence electrons. The van der Waals surface area contributed by atoms with Crippen LogP contribution >= 0.6 is 0 Å². The van der Waals surface area contributed by atoms with Crippen molar-refractivity contribution in [2.24, 2.45) is 11.1 Å². The Morgan fingerprint density at radius 2 is 1.88 bits per heavy atom. The third-order valence-corrected chi connectivity index (χ3v) is 8.09. The number of likely N-dealkylation sites (tertiary alicyclic amines) is 1. The molecule has 1 aliphatic heterocycles. The van der Waals surface area contributed by atoms with E-state index < -0.39 is 35.0 Å². The van der Waals surface area contributed by atoms with E-state index in [0.717, 1.165) is 12.1 Å². The van der Waals surface area contributed by atoms with Gasteiger partial charge in [-0.05, 0) is 105 Å². The highest BCUT2D eigenvalue weighted by molar-refractivity contribution is 5.85. The van der Waals surface area contributed by atoms with Gasteiger partial charge in [0.2, 0.25) is 0 Å². The number of aromatic nitrogens is 1. The van der Waals surface area contributed by atoms with Crippen LogP contribution in [0.3, 0.4) is 0 Å². The lowest BCUT2D eigenvalue weighted by Crippen LogP contribution is -2.41. The number of carboxylic acid groups (broad SMARTS) is 1. The maximum absolute atomic E-state index is 15.9. The van der Waals surface area contributed by atoms with E-state index in [4.69, 9.17) is 10.5 Å². The van der Waals surface area contributed by atoms with Crippen molar-refractivity contribution >= 4 is 16.9 Å². The van der Waals surface area contributed by atoms with E-state index in [-0.39, 0.29) is 19.4 Å². The highest BCUT2D eigenvalue weighted by atomic mass is 19.2. The number of carboxylic acids is 1. The van der Waals surface area contributed by atoms with Gasteiger partial charge in [-0.25, -0.2) is 17.6 Å². The summed E-state index contributed by atoms with van der Waals surface area (Å²) in [6.07, 6.45) is 2.95. The van der Waals surface area contributed by atoms with Gasteiger partial charge in [-0.1, -0.05) is 0 Å². The van der Waals surface area contributed by atoms with Crippen LogP contribution in [0.5, 0.6) is 5.75 Å². The van der Waals surface area contributed by atoms with Gasteiger partial charge in [-0.3, -0.25) is 9.78 Å². The second-order valence-electron chi connectivity index (χ2n) is 10.7. The third kappa shape index (κ3) is 6.90. The number of ether oxygens (including phenoxy) is 1. The fourth-order valence-corrected chi connectivity index (χ4v) is 5.82. The average molecular weight is 562 g/mol. The summed E-state index contributed by atoms with van der Waals surface area (Å²) in [5.74, 6) is -4.20. The molecule has 10 heteroatoms. The molecular formula is C30H35F4N3O3. The van der Waals surface area contributed by atoms with Crippen molar-refractivity contribution in [2.45, 2.75) is 57.7 Å². The van der Waals surface area contributed by atoms with Gasteiger partial charge in [-0.15, -0.1) is 0 Å². The maximum Gasteiger partial charge on any atom is 0.303 e. The lowest BCUT2D eigenvalue weighted by atomic mass is 9.71. The first-order valence-electron chi connectivity index (χ1n) is 13.5. The number of aliphatic carboxylic acids is 1. The number of alkyl halides is 1. The molecule has 1 aliphatic rings. The summed E-state index contributed by atoms with van der Waals surface area (Å²) >= 11 is 0. The molecule has 4 rings (SSSR count). The fraction of sp³-hybridized carbons (Fsp3) is 0.467. The number of carbonyl (C=O) groups is 1. The van der Waals surface area contributed by atoms with E-state index in [0.29, 0.717) is 85.1 Å². The summed E-state index contributed by atoms with van der Waals surface area (Å²) in [6, 6.07) is 7.31. The van der Waals surface area contributed by atoms with E-state index in [1.54, 1.807) is 31.5 Å². The first-order valence-corrected chi connectivity index (χ1v) is 13.5. The number of halogens is 4. The van der Waals surface area contributed by atoms with Crippen LogP contribution in [0.4, 0.5) is 17.6 Å². The summed E-state index contributed by atoms with van der Waals surface area (Å²) in [5.41, 5.74) is 7.48. The molecule has 1 saturated heterocycles. The second-order valence-corrected chi connectivity index (χ2v) is 10.7. The number of hydrogen-bond acceptors (Lipinski definition) is 5. The molecular weight excluding hydrogens is 526 g/mol. The number of hydrogen-bond donors (Lipinski definition) is 2. The molecule has 3 N–H and O–H groups in total. The summed E-state index contributed by atoms with van der Waals surface area (Å²) < 4.78 is 61.4. The first-order chi connectivity index (χ1) is 19.1. The monoisotopic (exact) mass is 561 g/mol. The van der Waals surface area contributed by atoms with E-state index in [1.165, 1.54) is 0 Å². The Labute approximate surface area is 231 Å². The number of rotatable bonds is 12. The SMILES string of the molecule is COc1ccc2ncc(CN)c([C@H](F)CCC3(CC(=O)O)CCN(CCCc4cc(F)c(F)c(F)c4)CC3)c2c1. The van der Waals surface area contributed by atoms with Crippen LogP contribution in [-0.4, -0.2) is 47.7 Å². The van der Waals surface area contributed by atoms with Crippen molar-refractivity contribution in [1.82, 2.24) is 9.88 Å². The number of pyridine rings is 1. The van der Waals surface area contributed by atoms with E-state index in [2.05, 4.69) is 9.88 Å². The summed E-state index contributed by atoms with van der Waals surface area (Å²) in [6.45, 7) is 2.06. The van der Waals surface area contributed by atoms with Crippen LogP contribution < -0.4 is 10.5 Å². The number of nitrogens with zero attached hydrogens (tertiary/aromatic N) is 2. The van der Waals surface area contributed by atoms with Crippen molar-refractivity contribution < 1.29 is 32.2 Å². The molecule has 0 unspecified atom stereocenters.